The summed E-state index contributed by atoms with van der Waals surface area (Å²) in [5.41, 5.74) is 2.80. The summed E-state index contributed by atoms with van der Waals surface area (Å²) in [4.78, 5) is 12.2. The lowest BCUT2D eigenvalue weighted by Crippen LogP contribution is -2.34. The highest BCUT2D eigenvalue weighted by atomic mass is 16.5. The minimum absolute atomic E-state index is 0.134. The highest BCUT2D eigenvalue weighted by Gasteiger charge is 2.18. The smallest absolute Gasteiger partial charge is 0.179 e. The van der Waals surface area contributed by atoms with Gasteiger partial charge in [0.05, 0.1) is 13.2 Å². The van der Waals surface area contributed by atoms with Crippen molar-refractivity contribution in [3.8, 4) is 5.75 Å². The summed E-state index contributed by atoms with van der Waals surface area (Å²) < 4.78 is 5.24. The van der Waals surface area contributed by atoms with Crippen LogP contribution in [-0.4, -0.2) is 25.5 Å². The summed E-state index contributed by atoms with van der Waals surface area (Å²) in [6, 6.07) is 3.55. The molecule has 1 rings (SSSR count). The molecule has 3 nitrogen and oxygen atoms in total. The van der Waals surface area contributed by atoms with Crippen molar-refractivity contribution in [3.63, 3.8) is 0 Å². The standard InChI is InChI=1S/C14H21NO2/c1-6-15-11(4)14(16)12-7-8-13(17-5)10(3)9(12)2/h7-8,11,15H,6H2,1-5H3. The Morgan fingerprint density at radius 3 is 2.53 bits per heavy atom. The summed E-state index contributed by atoms with van der Waals surface area (Å²) in [6.45, 7) is 8.62. The van der Waals surface area contributed by atoms with E-state index < -0.39 is 0 Å². The van der Waals surface area contributed by atoms with Gasteiger partial charge in [-0.25, -0.2) is 0 Å². The van der Waals surface area contributed by atoms with Crippen LogP contribution in [0.2, 0.25) is 0 Å². The molecule has 1 N–H and O–H groups in total. The molecule has 3 heteroatoms. The summed E-state index contributed by atoms with van der Waals surface area (Å²) in [7, 11) is 1.64. The topological polar surface area (TPSA) is 38.3 Å². The molecule has 0 aliphatic rings. The van der Waals surface area contributed by atoms with Gasteiger partial charge in [-0.15, -0.1) is 0 Å². The summed E-state index contributed by atoms with van der Waals surface area (Å²) in [5, 5.41) is 3.14. The molecule has 0 amide bonds. The number of carbonyl (C=O) groups excluding carboxylic acids is 1. The first-order valence-corrected chi connectivity index (χ1v) is 5.94. The number of benzene rings is 1. The Hall–Kier alpha value is -1.35. The number of hydrogen-bond acceptors (Lipinski definition) is 3. The van der Waals surface area contributed by atoms with E-state index in [0.717, 1.165) is 29.0 Å². The third-order valence-electron chi connectivity index (χ3n) is 3.13. The first kappa shape index (κ1) is 13.7. The number of nitrogens with one attached hydrogen (secondary N) is 1. The van der Waals surface area contributed by atoms with Crippen LogP contribution in [0.5, 0.6) is 5.75 Å². The van der Waals surface area contributed by atoms with Gasteiger partial charge in [0.15, 0.2) is 5.78 Å². The van der Waals surface area contributed by atoms with Gasteiger partial charge in [-0.3, -0.25) is 4.79 Å². The number of methoxy groups -OCH3 is 1. The van der Waals surface area contributed by atoms with Crippen LogP contribution in [0.1, 0.15) is 35.3 Å². The van der Waals surface area contributed by atoms with Crippen molar-refractivity contribution in [2.24, 2.45) is 0 Å². The zero-order valence-corrected chi connectivity index (χ0v) is 11.3. The van der Waals surface area contributed by atoms with Crippen molar-refractivity contribution in [2.45, 2.75) is 33.7 Å². The van der Waals surface area contributed by atoms with E-state index in [2.05, 4.69) is 5.32 Å². The van der Waals surface area contributed by atoms with Crippen LogP contribution in [-0.2, 0) is 0 Å². The van der Waals surface area contributed by atoms with E-state index in [-0.39, 0.29) is 11.8 Å². The van der Waals surface area contributed by atoms with Gasteiger partial charge in [-0.1, -0.05) is 6.92 Å². The van der Waals surface area contributed by atoms with Crippen LogP contribution >= 0.6 is 0 Å². The van der Waals surface area contributed by atoms with Gasteiger partial charge >= 0.3 is 0 Å². The molecule has 1 aromatic rings. The summed E-state index contributed by atoms with van der Waals surface area (Å²) in [5.74, 6) is 0.963. The van der Waals surface area contributed by atoms with Crippen LogP contribution in [0.4, 0.5) is 0 Å². The molecule has 17 heavy (non-hydrogen) atoms. The van der Waals surface area contributed by atoms with Crippen LogP contribution in [0.25, 0.3) is 0 Å². The Morgan fingerprint density at radius 2 is 2.00 bits per heavy atom. The maximum Gasteiger partial charge on any atom is 0.179 e. The predicted molar refractivity (Wildman–Crippen MR) is 69.9 cm³/mol. The zero-order valence-electron chi connectivity index (χ0n) is 11.3. The molecule has 0 saturated carbocycles. The van der Waals surface area contributed by atoms with E-state index in [1.165, 1.54) is 0 Å². The van der Waals surface area contributed by atoms with Crippen molar-refractivity contribution in [1.82, 2.24) is 5.32 Å². The SMILES string of the molecule is CCNC(C)C(=O)c1ccc(OC)c(C)c1C. The van der Waals surface area contributed by atoms with Gasteiger partial charge in [0, 0.05) is 5.56 Å². The van der Waals surface area contributed by atoms with E-state index in [1.54, 1.807) is 7.11 Å². The van der Waals surface area contributed by atoms with Crippen molar-refractivity contribution < 1.29 is 9.53 Å². The molecule has 0 fully saturated rings. The number of hydrogen-bond donors (Lipinski definition) is 1. The first-order valence-electron chi connectivity index (χ1n) is 5.94. The van der Waals surface area contributed by atoms with E-state index in [0.29, 0.717) is 0 Å². The minimum Gasteiger partial charge on any atom is -0.496 e. The van der Waals surface area contributed by atoms with Gasteiger partial charge in [-0.2, -0.15) is 0 Å². The molecule has 0 radical (unpaired) electrons. The normalized spacial score (nSPS) is 12.3. The van der Waals surface area contributed by atoms with Crippen LogP contribution in [0.3, 0.4) is 0 Å². The van der Waals surface area contributed by atoms with E-state index >= 15 is 0 Å². The molecular formula is C14H21NO2. The third kappa shape index (κ3) is 2.86. The second-order valence-corrected chi connectivity index (χ2v) is 4.21. The maximum absolute atomic E-state index is 12.2. The van der Waals surface area contributed by atoms with Crippen LogP contribution in [0.15, 0.2) is 12.1 Å². The van der Waals surface area contributed by atoms with Crippen LogP contribution < -0.4 is 10.1 Å². The fraction of sp³-hybridized carbons (Fsp3) is 0.500. The number of rotatable bonds is 5. The molecule has 0 bridgehead atoms. The predicted octanol–water partition coefficient (Wildman–Crippen LogP) is 2.49. The lowest BCUT2D eigenvalue weighted by molar-refractivity contribution is 0.0951. The number of ketones is 1. The van der Waals surface area contributed by atoms with Crippen molar-refractivity contribution in [1.29, 1.82) is 0 Å². The Bertz CT molecular complexity index is 413. The molecule has 0 aromatic heterocycles. The van der Waals surface area contributed by atoms with Crippen molar-refractivity contribution >= 4 is 5.78 Å². The minimum atomic E-state index is -0.147. The Morgan fingerprint density at radius 1 is 1.35 bits per heavy atom. The van der Waals surface area contributed by atoms with Gasteiger partial charge in [0.2, 0.25) is 0 Å². The first-order chi connectivity index (χ1) is 8.02. The quantitative estimate of drug-likeness (QED) is 0.797. The fourth-order valence-corrected chi connectivity index (χ4v) is 1.92. The lowest BCUT2D eigenvalue weighted by atomic mass is 9.96. The molecule has 0 aliphatic carbocycles. The molecule has 1 unspecified atom stereocenters. The highest BCUT2D eigenvalue weighted by Crippen LogP contribution is 2.24. The third-order valence-corrected chi connectivity index (χ3v) is 3.13. The molecule has 94 valence electrons. The van der Waals surface area contributed by atoms with E-state index in [9.17, 15) is 4.79 Å². The molecular weight excluding hydrogens is 214 g/mol. The average molecular weight is 235 g/mol. The molecule has 1 aromatic carbocycles. The molecule has 0 spiro atoms. The van der Waals surface area contributed by atoms with Crippen molar-refractivity contribution in [2.75, 3.05) is 13.7 Å². The van der Waals surface area contributed by atoms with Crippen molar-refractivity contribution in [3.05, 3.63) is 28.8 Å². The zero-order chi connectivity index (χ0) is 13.0. The van der Waals surface area contributed by atoms with E-state index in [1.807, 2.05) is 39.8 Å². The molecule has 0 aliphatic heterocycles. The maximum atomic E-state index is 12.2. The number of ether oxygens (including phenoxy) is 1. The van der Waals surface area contributed by atoms with Gasteiger partial charge in [0.1, 0.15) is 5.75 Å². The van der Waals surface area contributed by atoms with Gasteiger partial charge in [0.25, 0.3) is 0 Å². The van der Waals surface area contributed by atoms with Gasteiger partial charge in [-0.05, 0) is 50.6 Å². The molecule has 0 heterocycles. The monoisotopic (exact) mass is 235 g/mol. The lowest BCUT2D eigenvalue weighted by Gasteiger charge is -2.15. The number of Topliss-reactive ketones (excluding diaryl/α,β-unsaturated/α-hetero) is 1. The Kier molecular flexibility index (Phi) is 4.70. The van der Waals surface area contributed by atoms with Crippen LogP contribution in [0, 0.1) is 13.8 Å². The highest BCUT2D eigenvalue weighted by molar-refractivity contribution is 6.01. The summed E-state index contributed by atoms with van der Waals surface area (Å²) >= 11 is 0. The largest absolute Gasteiger partial charge is 0.496 e. The van der Waals surface area contributed by atoms with E-state index in [4.69, 9.17) is 4.74 Å². The fourth-order valence-electron chi connectivity index (χ4n) is 1.92. The second kappa shape index (κ2) is 5.82. The second-order valence-electron chi connectivity index (χ2n) is 4.21. The molecule has 0 saturated heterocycles. The Balaban J connectivity index is 3.07. The number of carbonyl (C=O) groups is 1. The summed E-state index contributed by atoms with van der Waals surface area (Å²) in [6.07, 6.45) is 0. The Labute approximate surface area is 103 Å². The van der Waals surface area contributed by atoms with Gasteiger partial charge < -0.3 is 10.1 Å². The number of likely N-dealkylation sites (N-methyl/N-ethyl adjacent to an activating group) is 1. The average Bonchev–Trinajstić information content (AvgIpc) is 2.32. The molecule has 1 atom stereocenters.